The van der Waals surface area contributed by atoms with Gasteiger partial charge in [0.25, 0.3) is 17.7 Å². The third-order valence-corrected chi connectivity index (χ3v) is 18.7. The SMILES string of the molecule is COc1ccc(NC(=O)c2sc3ncnc(Nc4ccc(F)c(Cl)c4)c3c2N)cc1.COc1ccc(NC(=O)c2sc3ncnc(Nc4ccc(F)c(Cl)c4)c3c2N)cc1OC.Nc1c(C(=O)Nc2ccc(CN3CCOCC3)cc2)sc2ncnc(Nc3ccc(F)c(Cl)c3)c12. The maximum absolute atomic E-state index is 13.5. The first-order chi connectivity index (χ1) is 46.8. The number of thiophene rings is 3. The van der Waals surface area contributed by atoms with Crippen LogP contribution in [0.2, 0.25) is 15.1 Å². The summed E-state index contributed by atoms with van der Waals surface area (Å²) in [4.78, 5) is 69.0. The Hall–Kier alpha value is -10.4. The predicted molar refractivity (Wildman–Crippen MR) is 378 cm³/mol. The maximum Gasteiger partial charge on any atom is 0.267 e. The summed E-state index contributed by atoms with van der Waals surface area (Å²) in [5, 5.41) is 19.1. The number of carbonyl (C=O) groups excluding carboxylic acids is 3. The van der Waals surface area contributed by atoms with E-state index in [-0.39, 0.29) is 48.8 Å². The Morgan fingerprint density at radius 2 is 0.835 bits per heavy atom. The molecule has 1 aliphatic rings. The number of nitrogen functional groups attached to an aromatic ring is 3. The molecule has 0 bridgehead atoms. The highest BCUT2D eigenvalue weighted by Gasteiger charge is 2.25. The second-order valence-corrected chi connectivity index (χ2v) is 25.0. The van der Waals surface area contributed by atoms with Crippen LogP contribution >= 0.6 is 68.8 Å². The van der Waals surface area contributed by atoms with Gasteiger partial charge < -0.3 is 68.0 Å². The number of benzene rings is 6. The maximum atomic E-state index is 13.5. The van der Waals surface area contributed by atoms with Gasteiger partial charge in [-0.2, -0.15) is 0 Å². The predicted octanol–water partition coefficient (Wildman–Crippen LogP) is 15.0. The summed E-state index contributed by atoms with van der Waals surface area (Å²) in [6.07, 6.45) is 4.08. The lowest BCUT2D eigenvalue weighted by atomic mass is 10.2. The van der Waals surface area contributed by atoms with Crippen LogP contribution in [0.25, 0.3) is 30.6 Å². The minimum Gasteiger partial charge on any atom is -0.497 e. The van der Waals surface area contributed by atoms with Crippen LogP contribution < -0.4 is 63.3 Å². The number of carbonyl (C=O) groups is 3. The topological polar surface area (TPSA) is 319 Å². The van der Waals surface area contributed by atoms with Gasteiger partial charge in [0, 0.05) is 59.8 Å². The third kappa shape index (κ3) is 16.0. The first-order valence-electron chi connectivity index (χ1n) is 28.8. The fourth-order valence-electron chi connectivity index (χ4n) is 9.65. The van der Waals surface area contributed by atoms with E-state index in [9.17, 15) is 27.6 Å². The molecule has 0 aliphatic carbocycles. The Morgan fingerprint density at radius 3 is 1.21 bits per heavy atom. The van der Waals surface area contributed by atoms with E-state index in [4.69, 9.17) is 71.0 Å². The van der Waals surface area contributed by atoms with E-state index in [1.807, 2.05) is 24.3 Å². The lowest BCUT2D eigenvalue weighted by Crippen LogP contribution is -2.35. The zero-order chi connectivity index (χ0) is 68.4. The zero-order valence-corrected chi connectivity index (χ0v) is 55.7. The van der Waals surface area contributed by atoms with Gasteiger partial charge in [-0.1, -0.05) is 46.9 Å². The quantitative estimate of drug-likeness (QED) is 0.0409. The van der Waals surface area contributed by atoms with Crippen LogP contribution in [0.4, 0.5) is 81.8 Å². The van der Waals surface area contributed by atoms with Gasteiger partial charge in [0.1, 0.15) is 88.8 Å². The van der Waals surface area contributed by atoms with E-state index in [2.05, 4.69) is 66.7 Å². The van der Waals surface area contributed by atoms with Crippen LogP contribution in [0.1, 0.15) is 34.6 Å². The molecule has 32 heteroatoms. The molecule has 496 valence electrons. The molecule has 6 aromatic carbocycles. The Balaban J connectivity index is 0.000000148. The number of methoxy groups -OCH3 is 3. The summed E-state index contributed by atoms with van der Waals surface area (Å²) < 4.78 is 61.3. The van der Waals surface area contributed by atoms with Gasteiger partial charge in [-0.15, -0.1) is 34.0 Å². The molecule has 1 saturated heterocycles. The summed E-state index contributed by atoms with van der Waals surface area (Å²) >= 11 is 21.0. The van der Waals surface area contributed by atoms with E-state index >= 15 is 0 Å². The molecule has 0 unspecified atom stereocenters. The van der Waals surface area contributed by atoms with Crippen LogP contribution in [-0.2, 0) is 11.3 Å². The van der Waals surface area contributed by atoms with Crippen LogP contribution in [0.15, 0.2) is 140 Å². The zero-order valence-electron chi connectivity index (χ0n) is 51.0. The molecule has 97 heavy (non-hydrogen) atoms. The van der Waals surface area contributed by atoms with E-state index in [0.717, 1.165) is 61.1 Å². The second-order valence-electron chi connectivity index (χ2n) is 20.7. The second kappa shape index (κ2) is 30.6. The normalized spacial score (nSPS) is 12.0. The fourth-order valence-corrected chi connectivity index (χ4v) is 13.1. The molecule has 0 atom stereocenters. The molecule has 13 rings (SSSR count). The molecule has 1 fully saturated rings. The number of amides is 3. The number of morpholine rings is 1. The van der Waals surface area contributed by atoms with Crippen LogP contribution in [0, 0.1) is 17.5 Å². The van der Waals surface area contributed by atoms with Crippen molar-refractivity contribution in [1.29, 1.82) is 0 Å². The number of aromatic nitrogens is 6. The van der Waals surface area contributed by atoms with Crippen molar-refractivity contribution in [2.75, 3.05) is 96.7 Å². The molecule has 7 heterocycles. The Morgan fingerprint density at radius 1 is 0.474 bits per heavy atom. The molecular formula is C65H54Cl3F3N16O7S3. The highest BCUT2D eigenvalue weighted by atomic mass is 35.5. The van der Waals surface area contributed by atoms with E-state index < -0.39 is 23.4 Å². The molecule has 12 aromatic rings. The molecule has 12 N–H and O–H groups in total. The summed E-state index contributed by atoms with van der Waals surface area (Å²) in [5.74, 6) is 0.177. The van der Waals surface area contributed by atoms with Crippen molar-refractivity contribution in [2.45, 2.75) is 6.54 Å². The molecule has 0 saturated carbocycles. The summed E-state index contributed by atoms with van der Waals surface area (Å²) in [6, 6.07) is 32.3. The van der Waals surface area contributed by atoms with E-state index in [1.54, 1.807) is 49.6 Å². The van der Waals surface area contributed by atoms with Crippen LogP contribution in [-0.4, -0.2) is 100 Å². The molecule has 1 aliphatic heterocycles. The summed E-state index contributed by atoms with van der Waals surface area (Å²) in [7, 11) is 4.60. The van der Waals surface area contributed by atoms with Gasteiger partial charge in [-0.05, 0) is 109 Å². The number of nitrogens with zero attached hydrogens (tertiary/aromatic N) is 7. The minimum absolute atomic E-state index is 0.0189. The standard InChI is InChI=1S/C24H22ClFN6O2S.C21H17ClFN5O3S.C20H15ClFN5O2S/c25-17-11-16(5-6-18(17)26)30-22-19-20(27)21(35-24(19)29-13-28-22)23(33)31-15-3-1-14(2-4-15)12-32-7-9-34-10-8-32;1-30-14-6-4-11(8-15(14)31-2)28-20(29)18-17(24)16-19(25-9-26-21(16)32-18)27-10-3-5-13(23)12(22)7-10;1-29-12-5-2-10(3-6-12)27-19(28)17-16(23)15-18(24-9-25-20(15)30-17)26-11-4-7-14(22)13(21)8-11/h1-6,11,13H,7-10,12,27H2,(H,31,33)(H,28,29,30);3-9H,24H2,1-2H3,(H,28,29)(H,25,26,27);2-9H,23H2,1H3,(H,27,28)(H,24,25,26). The van der Waals surface area contributed by atoms with Crippen LogP contribution in [0.5, 0.6) is 17.2 Å². The molecule has 0 radical (unpaired) electrons. The number of hydrogen-bond acceptors (Lipinski definition) is 23. The highest BCUT2D eigenvalue weighted by molar-refractivity contribution is 7.22. The number of rotatable bonds is 17. The number of nitrogens with one attached hydrogen (secondary N) is 6. The lowest BCUT2D eigenvalue weighted by molar-refractivity contribution is 0.0342. The number of hydrogen-bond donors (Lipinski definition) is 9. The molecular weight excluding hydrogens is 1380 g/mol. The third-order valence-electron chi connectivity index (χ3n) is 14.5. The number of halogens is 6. The van der Waals surface area contributed by atoms with E-state index in [0.29, 0.717) is 109 Å². The Labute approximate surface area is 577 Å². The van der Waals surface area contributed by atoms with Crippen molar-refractivity contribution in [3.8, 4) is 17.2 Å². The number of fused-ring (bicyclic) bond motifs is 3. The van der Waals surface area contributed by atoms with Crippen molar-refractivity contribution >= 4 is 186 Å². The Kier molecular flexibility index (Phi) is 21.4. The first-order valence-corrected chi connectivity index (χ1v) is 32.4. The molecule has 3 amide bonds. The minimum atomic E-state index is -0.533. The van der Waals surface area contributed by atoms with Crippen molar-refractivity contribution in [2.24, 2.45) is 0 Å². The van der Waals surface area contributed by atoms with E-state index in [1.165, 1.54) is 99.1 Å². The van der Waals surface area contributed by atoms with Crippen molar-refractivity contribution in [3.05, 3.63) is 193 Å². The van der Waals surface area contributed by atoms with Gasteiger partial charge in [0.2, 0.25) is 0 Å². The molecule has 23 nitrogen and oxygen atoms in total. The fraction of sp³-hybridized carbons (Fsp3) is 0.123. The van der Waals surface area contributed by atoms with Crippen molar-refractivity contribution in [1.82, 2.24) is 34.8 Å². The smallest absolute Gasteiger partial charge is 0.267 e. The lowest BCUT2D eigenvalue weighted by Gasteiger charge is -2.26. The van der Waals surface area contributed by atoms with Gasteiger partial charge >= 0.3 is 0 Å². The van der Waals surface area contributed by atoms with Gasteiger partial charge in [-0.25, -0.2) is 43.1 Å². The van der Waals surface area contributed by atoms with Gasteiger partial charge in [0.15, 0.2) is 11.5 Å². The first kappa shape index (κ1) is 68.0. The Bertz CT molecular complexity index is 4920. The average molecular weight is 1430 g/mol. The molecule has 0 spiro atoms. The summed E-state index contributed by atoms with van der Waals surface area (Å²) in [6.45, 7) is 4.18. The number of anilines is 12. The van der Waals surface area contributed by atoms with Gasteiger partial charge in [-0.3, -0.25) is 19.3 Å². The van der Waals surface area contributed by atoms with Gasteiger partial charge in [0.05, 0.1) is 82.8 Å². The highest BCUT2D eigenvalue weighted by Crippen LogP contribution is 2.42. The largest absolute Gasteiger partial charge is 0.497 e. The number of ether oxygens (including phenoxy) is 4. The van der Waals surface area contributed by atoms with Crippen molar-refractivity contribution in [3.63, 3.8) is 0 Å². The number of nitrogens with two attached hydrogens (primary N) is 3. The average Bonchev–Trinajstić information content (AvgIpc) is 1.65. The van der Waals surface area contributed by atoms with Crippen LogP contribution in [0.3, 0.4) is 0 Å². The van der Waals surface area contributed by atoms with Crippen molar-refractivity contribution < 1.29 is 46.5 Å². The summed E-state index contributed by atoms with van der Waals surface area (Å²) in [5.41, 5.74) is 24.2. The molecule has 6 aromatic heterocycles. The monoisotopic (exact) mass is 1430 g/mol.